The molecular weight excluding hydrogens is 256 g/mol. The molecule has 1 amide bonds. The van der Waals surface area contributed by atoms with E-state index in [-0.39, 0.29) is 18.1 Å². The molecule has 0 aliphatic rings. The van der Waals surface area contributed by atoms with E-state index in [0.29, 0.717) is 5.76 Å². The molecule has 0 aliphatic heterocycles. The molecule has 0 unspecified atom stereocenters. The first-order chi connectivity index (χ1) is 9.13. The van der Waals surface area contributed by atoms with Gasteiger partial charge in [0, 0.05) is 0 Å². The molecule has 0 radical (unpaired) electrons. The SMILES string of the molecule is COc1n[nH]c(C(=O)NCc2ccco2)c1[N+](=O)[O-]. The predicted octanol–water partition coefficient (Wildman–Crippen LogP) is 0.849. The van der Waals surface area contributed by atoms with Gasteiger partial charge in [0.15, 0.2) is 0 Å². The Bertz CT molecular complexity index is 589. The molecule has 19 heavy (non-hydrogen) atoms. The molecule has 2 N–H and O–H groups in total. The zero-order chi connectivity index (χ0) is 13.8. The highest BCUT2D eigenvalue weighted by molar-refractivity contribution is 5.96. The normalized spacial score (nSPS) is 10.2. The van der Waals surface area contributed by atoms with E-state index in [0.717, 1.165) is 0 Å². The van der Waals surface area contributed by atoms with Crippen LogP contribution < -0.4 is 10.1 Å². The lowest BCUT2D eigenvalue weighted by molar-refractivity contribution is -0.386. The van der Waals surface area contributed by atoms with Gasteiger partial charge < -0.3 is 14.5 Å². The first kappa shape index (κ1) is 12.6. The number of methoxy groups -OCH3 is 1. The molecule has 100 valence electrons. The number of hydrogen-bond acceptors (Lipinski definition) is 6. The highest BCUT2D eigenvalue weighted by Crippen LogP contribution is 2.27. The second-order valence-corrected chi connectivity index (χ2v) is 3.48. The number of H-pyrrole nitrogens is 1. The molecule has 2 rings (SSSR count). The summed E-state index contributed by atoms with van der Waals surface area (Å²) < 4.78 is 9.73. The third-order valence-corrected chi connectivity index (χ3v) is 2.31. The molecule has 0 aromatic carbocycles. The van der Waals surface area contributed by atoms with E-state index < -0.39 is 16.5 Å². The van der Waals surface area contributed by atoms with Crippen LogP contribution in [0.25, 0.3) is 0 Å². The number of carbonyl (C=O) groups is 1. The quantitative estimate of drug-likeness (QED) is 0.610. The topological polar surface area (TPSA) is 123 Å². The molecule has 9 nitrogen and oxygen atoms in total. The van der Waals surface area contributed by atoms with Gasteiger partial charge in [-0.25, -0.2) is 0 Å². The van der Waals surface area contributed by atoms with Crippen LogP contribution in [0.1, 0.15) is 16.2 Å². The Labute approximate surface area is 106 Å². The van der Waals surface area contributed by atoms with Crippen LogP contribution in [0.2, 0.25) is 0 Å². The zero-order valence-corrected chi connectivity index (χ0v) is 9.87. The smallest absolute Gasteiger partial charge is 0.362 e. The van der Waals surface area contributed by atoms with Crippen LogP contribution in [0.5, 0.6) is 5.88 Å². The van der Waals surface area contributed by atoms with Crippen molar-refractivity contribution >= 4 is 11.6 Å². The molecule has 0 fully saturated rings. The number of nitro groups is 1. The van der Waals surface area contributed by atoms with Crippen LogP contribution in [0, 0.1) is 10.1 Å². The van der Waals surface area contributed by atoms with Crippen LogP contribution in [0.3, 0.4) is 0 Å². The van der Waals surface area contributed by atoms with Crippen LogP contribution >= 0.6 is 0 Å². The molecule has 2 aromatic heterocycles. The van der Waals surface area contributed by atoms with Gasteiger partial charge in [0.25, 0.3) is 5.91 Å². The predicted molar refractivity (Wildman–Crippen MR) is 61.7 cm³/mol. The van der Waals surface area contributed by atoms with E-state index in [2.05, 4.69) is 15.5 Å². The van der Waals surface area contributed by atoms with E-state index in [4.69, 9.17) is 9.15 Å². The summed E-state index contributed by atoms with van der Waals surface area (Å²) in [7, 11) is 1.23. The number of aromatic nitrogens is 2. The van der Waals surface area contributed by atoms with Crippen LogP contribution in [0.15, 0.2) is 22.8 Å². The fraction of sp³-hybridized carbons (Fsp3) is 0.200. The molecule has 0 atom stereocenters. The van der Waals surface area contributed by atoms with Gasteiger partial charge in [-0.1, -0.05) is 0 Å². The van der Waals surface area contributed by atoms with Crippen molar-refractivity contribution < 1.29 is 18.9 Å². The average molecular weight is 266 g/mol. The summed E-state index contributed by atoms with van der Waals surface area (Å²) in [5.74, 6) is -0.380. The number of carbonyl (C=O) groups excluding carboxylic acids is 1. The van der Waals surface area contributed by atoms with Crippen molar-refractivity contribution in [1.82, 2.24) is 15.5 Å². The second kappa shape index (κ2) is 5.21. The number of furan rings is 1. The molecule has 2 heterocycles. The fourth-order valence-corrected chi connectivity index (χ4v) is 1.46. The highest BCUT2D eigenvalue weighted by Gasteiger charge is 2.29. The summed E-state index contributed by atoms with van der Waals surface area (Å²) in [6, 6.07) is 3.34. The Morgan fingerprint density at radius 2 is 2.47 bits per heavy atom. The van der Waals surface area contributed by atoms with Crippen LogP contribution in [0.4, 0.5) is 5.69 Å². The highest BCUT2D eigenvalue weighted by atomic mass is 16.6. The minimum absolute atomic E-state index is 0.115. The Morgan fingerprint density at radius 3 is 3.05 bits per heavy atom. The number of hydrogen-bond donors (Lipinski definition) is 2. The maximum atomic E-state index is 11.8. The van der Waals surface area contributed by atoms with E-state index in [1.54, 1.807) is 12.1 Å². The standard InChI is InChI=1S/C10H10N4O5/c1-18-10-8(14(16)17)7(12-13-10)9(15)11-5-6-3-2-4-19-6/h2-4H,5H2,1H3,(H,11,15)(H,12,13). The molecule has 2 aromatic rings. The lowest BCUT2D eigenvalue weighted by Gasteiger charge is -2.00. The van der Waals surface area contributed by atoms with Gasteiger partial charge in [-0.05, 0) is 12.1 Å². The molecule has 0 aliphatic carbocycles. The van der Waals surface area contributed by atoms with Crippen molar-refractivity contribution in [1.29, 1.82) is 0 Å². The fourth-order valence-electron chi connectivity index (χ4n) is 1.46. The van der Waals surface area contributed by atoms with Gasteiger partial charge in [-0.2, -0.15) is 0 Å². The lowest BCUT2D eigenvalue weighted by Crippen LogP contribution is -2.23. The summed E-state index contributed by atoms with van der Waals surface area (Å²) in [6.07, 6.45) is 1.46. The largest absolute Gasteiger partial charge is 0.475 e. The number of nitrogens with one attached hydrogen (secondary N) is 2. The average Bonchev–Trinajstić information content (AvgIpc) is 3.04. The van der Waals surface area contributed by atoms with E-state index in [1.807, 2.05) is 0 Å². The van der Waals surface area contributed by atoms with E-state index >= 15 is 0 Å². The van der Waals surface area contributed by atoms with Gasteiger partial charge in [0.1, 0.15) is 5.76 Å². The first-order valence-electron chi connectivity index (χ1n) is 5.20. The summed E-state index contributed by atoms with van der Waals surface area (Å²) in [5, 5.41) is 19.2. The Hall–Kier alpha value is -2.84. The molecule has 0 spiro atoms. The molecule has 9 heteroatoms. The van der Waals surface area contributed by atoms with E-state index in [1.165, 1.54) is 13.4 Å². The second-order valence-electron chi connectivity index (χ2n) is 3.48. The molecule has 0 saturated heterocycles. The summed E-state index contributed by atoms with van der Waals surface area (Å²) in [4.78, 5) is 21.9. The number of ether oxygens (including phenoxy) is 1. The van der Waals surface area contributed by atoms with Crippen LogP contribution in [-0.4, -0.2) is 28.1 Å². The van der Waals surface area contributed by atoms with E-state index in [9.17, 15) is 14.9 Å². The Morgan fingerprint density at radius 1 is 1.68 bits per heavy atom. The number of nitrogens with zero attached hydrogens (tertiary/aromatic N) is 2. The van der Waals surface area contributed by atoms with Crippen LogP contribution in [-0.2, 0) is 6.54 Å². The minimum Gasteiger partial charge on any atom is -0.475 e. The Kier molecular flexibility index (Phi) is 3.46. The molecule has 0 bridgehead atoms. The summed E-state index contributed by atoms with van der Waals surface area (Å²) >= 11 is 0. The number of amides is 1. The van der Waals surface area contributed by atoms with Gasteiger partial charge in [-0.3, -0.25) is 20.0 Å². The maximum Gasteiger partial charge on any atom is 0.362 e. The first-order valence-corrected chi connectivity index (χ1v) is 5.20. The monoisotopic (exact) mass is 266 g/mol. The zero-order valence-electron chi connectivity index (χ0n) is 9.87. The third kappa shape index (κ3) is 2.54. The maximum absolute atomic E-state index is 11.8. The van der Waals surface area contributed by atoms with Crippen molar-refractivity contribution in [3.05, 3.63) is 40.0 Å². The lowest BCUT2D eigenvalue weighted by atomic mass is 10.3. The number of rotatable bonds is 5. The third-order valence-electron chi connectivity index (χ3n) is 2.31. The molecular formula is C10H10N4O5. The Balaban J connectivity index is 2.15. The van der Waals surface area contributed by atoms with Crippen molar-refractivity contribution in [2.45, 2.75) is 6.54 Å². The van der Waals surface area contributed by atoms with Gasteiger partial charge >= 0.3 is 11.6 Å². The van der Waals surface area contributed by atoms with Gasteiger partial charge in [0.05, 0.1) is 24.8 Å². The minimum atomic E-state index is -0.732. The van der Waals surface area contributed by atoms with Crippen molar-refractivity contribution in [3.8, 4) is 5.88 Å². The van der Waals surface area contributed by atoms with Crippen molar-refractivity contribution in [2.24, 2.45) is 0 Å². The summed E-state index contributed by atoms with van der Waals surface area (Å²) in [5.41, 5.74) is -0.771. The number of aromatic amines is 1. The van der Waals surface area contributed by atoms with Gasteiger partial charge in [-0.15, -0.1) is 5.10 Å². The molecule has 0 saturated carbocycles. The van der Waals surface area contributed by atoms with Gasteiger partial charge in [0.2, 0.25) is 5.69 Å². The summed E-state index contributed by atoms with van der Waals surface area (Å²) in [6.45, 7) is 0.115. The van der Waals surface area contributed by atoms with Crippen molar-refractivity contribution in [3.63, 3.8) is 0 Å². The van der Waals surface area contributed by atoms with Crippen molar-refractivity contribution in [2.75, 3.05) is 7.11 Å².